The maximum absolute atomic E-state index is 12.3. The molecule has 26 heavy (non-hydrogen) atoms. The Morgan fingerprint density at radius 3 is 2.19 bits per heavy atom. The normalized spacial score (nSPS) is 20.0. The minimum Gasteiger partial charge on any atom is -0.368 e. The SMILES string of the molecule is Cc1ccc(-c2c(N3CCC(N4CCCCC4)CC3)c(=O)c2=O)cc1C. The summed E-state index contributed by atoms with van der Waals surface area (Å²) >= 11 is 0. The van der Waals surface area contributed by atoms with Gasteiger partial charge < -0.3 is 9.80 Å². The molecule has 4 rings (SSSR count). The van der Waals surface area contributed by atoms with Gasteiger partial charge >= 0.3 is 0 Å². The molecular weight excluding hydrogens is 324 g/mol. The Hall–Kier alpha value is -1.94. The number of hydrogen-bond donors (Lipinski definition) is 0. The molecule has 138 valence electrons. The first-order chi connectivity index (χ1) is 12.6. The van der Waals surface area contributed by atoms with Gasteiger partial charge in [0.1, 0.15) is 5.69 Å². The number of likely N-dealkylation sites (tertiary alicyclic amines) is 1. The third-order valence-electron chi connectivity index (χ3n) is 6.37. The summed E-state index contributed by atoms with van der Waals surface area (Å²) < 4.78 is 0. The van der Waals surface area contributed by atoms with E-state index in [9.17, 15) is 9.59 Å². The number of aryl methyl sites for hydroxylation is 2. The smallest absolute Gasteiger partial charge is 0.250 e. The Bertz CT molecular complexity index is 865. The Kier molecular flexibility index (Phi) is 4.70. The van der Waals surface area contributed by atoms with E-state index in [1.165, 1.54) is 37.9 Å². The molecule has 2 aromatic rings. The Labute approximate surface area is 155 Å². The molecule has 0 unspecified atom stereocenters. The number of piperidine rings is 2. The van der Waals surface area contributed by atoms with Crippen molar-refractivity contribution in [3.05, 3.63) is 49.8 Å². The van der Waals surface area contributed by atoms with Crippen LogP contribution in [-0.4, -0.2) is 37.1 Å². The first-order valence-electron chi connectivity index (χ1n) is 9.96. The number of nitrogens with zero attached hydrogens (tertiary/aromatic N) is 2. The summed E-state index contributed by atoms with van der Waals surface area (Å²) in [6, 6.07) is 6.69. The highest BCUT2D eigenvalue weighted by Crippen LogP contribution is 2.31. The molecule has 2 aliphatic rings. The maximum atomic E-state index is 12.3. The first-order valence-corrected chi connectivity index (χ1v) is 9.96. The van der Waals surface area contributed by atoms with Gasteiger partial charge in [0.25, 0.3) is 0 Å². The molecule has 0 saturated carbocycles. The van der Waals surface area contributed by atoms with Gasteiger partial charge in [0.05, 0.1) is 5.56 Å². The third-order valence-corrected chi connectivity index (χ3v) is 6.37. The van der Waals surface area contributed by atoms with Crippen molar-refractivity contribution < 1.29 is 0 Å². The second-order valence-corrected chi connectivity index (χ2v) is 8.00. The van der Waals surface area contributed by atoms with Crippen LogP contribution in [0.5, 0.6) is 0 Å². The van der Waals surface area contributed by atoms with Gasteiger partial charge in [-0.1, -0.05) is 24.6 Å². The van der Waals surface area contributed by atoms with Crippen molar-refractivity contribution >= 4 is 5.69 Å². The van der Waals surface area contributed by atoms with E-state index in [2.05, 4.69) is 16.7 Å². The predicted molar refractivity (Wildman–Crippen MR) is 107 cm³/mol. The monoisotopic (exact) mass is 352 g/mol. The molecule has 2 aromatic carbocycles. The van der Waals surface area contributed by atoms with E-state index in [0.717, 1.165) is 37.1 Å². The van der Waals surface area contributed by atoms with Crippen molar-refractivity contribution in [3.63, 3.8) is 0 Å². The summed E-state index contributed by atoms with van der Waals surface area (Å²) in [5, 5.41) is 0. The minimum atomic E-state index is -0.318. The summed E-state index contributed by atoms with van der Waals surface area (Å²) in [6.45, 7) is 8.31. The quantitative estimate of drug-likeness (QED) is 0.796. The number of benzene rings is 1. The van der Waals surface area contributed by atoms with Crippen LogP contribution in [0.3, 0.4) is 0 Å². The molecule has 0 amide bonds. The van der Waals surface area contributed by atoms with Gasteiger partial charge in [-0.15, -0.1) is 0 Å². The van der Waals surface area contributed by atoms with Crippen molar-refractivity contribution in [1.29, 1.82) is 0 Å². The molecule has 0 aromatic heterocycles. The summed E-state index contributed by atoms with van der Waals surface area (Å²) in [4.78, 5) is 29.4. The number of rotatable bonds is 3. The first kappa shape index (κ1) is 17.5. The zero-order valence-electron chi connectivity index (χ0n) is 15.9. The summed E-state index contributed by atoms with van der Waals surface area (Å²) in [6.07, 6.45) is 6.17. The largest absolute Gasteiger partial charge is 0.368 e. The van der Waals surface area contributed by atoms with Crippen molar-refractivity contribution in [3.8, 4) is 11.1 Å². The molecule has 4 heteroatoms. The molecule has 0 N–H and O–H groups in total. The number of anilines is 1. The van der Waals surface area contributed by atoms with E-state index in [4.69, 9.17) is 0 Å². The fourth-order valence-electron chi connectivity index (χ4n) is 4.58. The van der Waals surface area contributed by atoms with Crippen molar-refractivity contribution in [2.45, 2.75) is 52.0 Å². The van der Waals surface area contributed by atoms with E-state index < -0.39 is 0 Å². The average Bonchev–Trinajstić information content (AvgIpc) is 2.68. The maximum Gasteiger partial charge on any atom is 0.250 e. The molecule has 2 heterocycles. The molecule has 0 bridgehead atoms. The molecule has 2 aliphatic heterocycles. The van der Waals surface area contributed by atoms with Gasteiger partial charge in [-0.05, 0) is 69.3 Å². The van der Waals surface area contributed by atoms with Crippen molar-refractivity contribution in [2.24, 2.45) is 0 Å². The highest BCUT2D eigenvalue weighted by molar-refractivity contribution is 5.83. The van der Waals surface area contributed by atoms with Crippen LogP contribution in [0.1, 0.15) is 43.2 Å². The van der Waals surface area contributed by atoms with Crippen LogP contribution in [0.4, 0.5) is 5.69 Å². The standard InChI is InChI=1S/C22H28N2O2/c1-15-6-7-17(14-16(15)2)19-20(22(26)21(19)25)24-12-8-18(9-13-24)23-10-4-3-5-11-23/h6-7,14,18H,3-5,8-13H2,1-2H3. The molecule has 0 spiro atoms. The van der Waals surface area contributed by atoms with Gasteiger partial charge in [0.15, 0.2) is 0 Å². The van der Waals surface area contributed by atoms with Crippen LogP contribution in [-0.2, 0) is 0 Å². The summed E-state index contributed by atoms with van der Waals surface area (Å²) in [7, 11) is 0. The van der Waals surface area contributed by atoms with E-state index >= 15 is 0 Å². The van der Waals surface area contributed by atoms with E-state index in [1.54, 1.807) is 0 Å². The fraction of sp³-hybridized carbons (Fsp3) is 0.545. The Balaban J connectivity index is 1.53. The lowest BCUT2D eigenvalue weighted by molar-refractivity contribution is 0.141. The second-order valence-electron chi connectivity index (χ2n) is 8.00. The van der Waals surface area contributed by atoms with Gasteiger partial charge in [-0.25, -0.2) is 0 Å². The molecule has 0 aliphatic carbocycles. The van der Waals surface area contributed by atoms with Gasteiger partial charge in [0, 0.05) is 19.1 Å². The van der Waals surface area contributed by atoms with E-state index in [-0.39, 0.29) is 10.9 Å². The highest BCUT2D eigenvalue weighted by Gasteiger charge is 2.31. The van der Waals surface area contributed by atoms with Crippen LogP contribution in [0.25, 0.3) is 11.1 Å². The van der Waals surface area contributed by atoms with Crippen molar-refractivity contribution in [1.82, 2.24) is 4.90 Å². The van der Waals surface area contributed by atoms with Crippen LogP contribution in [0, 0.1) is 13.8 Å². The van der Waals surface area contributed by atoms with E-state index in [1.807, 2.05) is 25.1 Å². The topological polar surface area (TPSA) is 40.6 Å². The molecule has 4 nitrogen and oxygen atoms in total. The zero-order chi connectivity index (χ0) is 18.3. The predicted octanol–water partition coefficient (Wildman–Crippen LogP) is 3.02. The van der Waals surface area contributed by atoms with Crippen LogP contribution in [0.2, 0.25) is 0 Å². The van der Waals surface area contributed by atoms with E-state index in [0.29, 0.717) is 17.3 Å². The number of hydrogen-bond acceptors (Lipinski definition) is 4. The Morgan fingerprint density at radius 2 is 1.54 bits per heavy atom. The van der Waals surface area contributed by atoms with Gasteiger partial charge in [-0.2, -0.15) is 0 Å². The lowest BCUT2D eigenvalue weighted by atomic mass is 9.93. The van der Waals surface area contributed by atoms with Crippen molar-refractivity contribution in [2.75, 3.05) is 31.1 Å². The fourth-order valence-corrected chi connectivity index (χ4v) is 4.58. The average molecular weight is 352 g/mol. The van der Waals surface area contributed by atoms with Crippen LogP contribution >= 0.6 is 0 Å². The van der Waals surface area contributed by atoms with Gasteiger partial charge in [-0.3, -0.25) is 9.59 Å². The highest BCUT2D eigenvalue weighted by atomic mass is 16.2. The molecule has 0 radical (unpaired) electrons. The Morgan fingerprint density at radius 1 is 0.846 bits per heavy atom. The third kappa shape index (κ3) is 3.01. The zero-order valence-corrected chi connectivity index (χ0v) is 15.9. The molecule has 2 fully saturated rings. The lowest BCUT2D eigenvalue weighted by Crippen LogP contribution is -2.50. The summed E-state index contributed by atoms with van der Waals surface area (Å²) in [5.74, 6) is 0. The molecular formula is C22H28N2O2. The molecule has 2 saturated heterocycles. The van der Waals surface area contributed by atoms with Gasteiger partial charge in [0.2, 0.25) is 10.9 Å². The second kappa shape index (κ2) is 6.99. The molecule has 0 atom stereocenters. The lowest BCUT2D eigenvalue weighted by Gasteiger charge is -2.41. The minimum absolute atomic E-state index is 0.297. The van der Waals surface area contributed by atoms with Crippen LogP contribution in [0.15, 0.2) is 27.8 Å². The van der Waals surface area contributed by atoms with Crippen LogP contribution < -0.4 is 15.8 Å². The summed E-state index contributed by atoms with van der Waals surface area (Å²) in [5.41, 5.74) is 3.94.